The Morgan fingerprint density at radius 3 is 2.67 bits per heavy atom. The first-order chi connectivity index (χ1) is 14.4. The molecule has 0 unspecified atom stereocenters. The first kappa shape index (κ1) is 19.5. The van der Waals surface area contributed by atoms with Crippen LogP contribution in [0.15, 0.2) is 48.7 Å². The number of aromatic nitrogens is 1. The van der Waals surface area contributed by atoms with Gasteiger partial charge in [0.15, 0.2) is 5.78 Å². The molecule has 0 saturated carbocycles. The molecule has 7 nitrogen and oxygen atoms in total. The molecule has 1 aliphatic heterocycles. The first-order valence-electron chi connectivity index (χ1n) is 9.21. The third-order valence-electron chi connectivity index (χ3n) is 4.97. The van der Waals surface area contributed by atoms with Gasteiger partial charge in [-0.15, -0.1) is 0 Å². The number of fused-ring (bicyclic) bond motifs is 1. The van der Waals surface area contributed by atoms with Crippen molar-refractivity contribution < 1.29 is 23.9 Å². The molecule has 1 aromatic heterocycles. The lowest BCUT2D eigenvalue weighted by molar-refractivity contribution is -0.123. The molecule has 0 aliphatic carbocycles. The van der Waals surface area contributed by atoms with E-state index in [1.54, 1.807) is 48.1 Å². The van der Waals surface area contributed by atoms with Gasteiger partial charge >= 0.3 is 0 Å². The molecule has 2 amide bonds. The number of imide groups is 1. The molecule has 30 heavy (non-hydrogen) atoms. The average Bonchev–Trinajstić information content (AvgIpc) is 3.20. The van der Waals surface area contributed by atoms with Gasteiger partial charge in [-0.3, -0.25) is 19.7 Å². The molecular formula is C22H18FN3O4. The number of nitrogens with one attached hydrogen (secondary N) is 2. The van der Waals surface area contributed by atoms with E-state index in [0.29, 0.717) is 22.2 Å². The van der Waals surface area contributed by atoms with Gasteiger partial charge in [0.05, 0.1) is 17.7 Å². The summed E-state index contributed by atoms with van der Waals surface area (Å²) in [6.07, 6.45) is 1.69. The van der Waals surface area contributed by atoms with Gasteiger partial charge in [0.2, 0.25) is 0 Å². The Labute approximate surface area is 170 Å². The number of amides is 2. The molecule has 0 fully saturated rings. The number of carbonyl (C=O) groups excluding carboxylic acids is 3. The van der Waals surface area contributed by atoms with Crippen molar-refractivity contribution in [2.45, 2.75) is 0 Å². The molecule has 8 heteroatoms. The third kappa shape index (κ3) is 3.37. The monoisotopic (exact) mass is 407 g/mol. The number of aryl methyl sites for hydroxylation is 1. The summed E-state index contributed by atoms with van der Waals surface area (Å²) in [5, 5.41) is 14.6. The lowest BCUT2D eigenvalue weighted by atomic mass is 9.95. The molecular weight excluding hydrogens is 389 g/mol. The molecule has 4 rings (SSSR count). The number of hydrogen-bond acceptors (Lipinski definition) is 5. The predicted octanol–water partition coefficient (Wildman–Crippen LogP) is 1.86. The van der Waals surface area contributed by atoms with Crippen LogP contribution in [0.4, 0.5) is 10.1 Å². The van der Waals surface area contributed by atoms with Crippen molar-refractivity contribution in [2.24, 2.45) is 7.05 Å². The molecule has 0 spiro atoms. The summed E-state index contributed by atoms with van der Waals surface area (Å²) in [7, 11) is 1.78. The quantitative estimate of drug-likeness (QED) is 0.542. The number of anilines is 1. The van der Waals surface area contributed by atoms with Gasteiger partial charge in [-0.2, -0.15) is 0 Å². The highest BCUT2D eigenvalue weighted by molar-refractivity contribution is 6.50. The molecule has 2 heterocycles. The van der Waals surface area contributed by atoms with Gasteiger partial charge < -0.3 is 15.0 Å². The maximum absolute atomic E-state index is 13.9. The van der Waals surface area contributed by atoms with Crippen LogP contribution in [0.5, 0.6) is 0 Å². The van der Waals surface area contributed by atoms with Gasteiger partial charge in [0.25, 0.3) is 11.8 Å². The molecule has 0 saturated heterocycles. The number of Topliss-reactive ketones (excluding diaryl/α,β-unsaturated/α-hetero) is 1. The Kier molecular flexibility index (Phi) is 4.93. The number of benzene rings is 2. The summed E-state index contributed by atoms with van der Waals surface area (Å²) >= 11 is 0. The molecule has 2 aromatic carbocycles. The summed E-state index contributed by atoms with van der Waals surface area (Å²) in [6.45, 7) is -0.643. The topological polar surface area (TPSA) is 100 Å². The molecule has 152 valence electrons. The minimum atomic E-state index is -0.573. The Balaban J connectivity index is 1.86. The SMILES string of the molecule is Cn1cc(C2=C(c3cccc(NCC(=O)CO)c3)C(=O)NC2=O)c2cc(F)ccc21. The maximum atomic E-state index is 13.9. The van der Waals surface area contributed by atoms with E-state index >= 15 is 0 Å². The van der Waals surface area contributed by atoms with Crippen molar-refractivity contribution in [3.63, 3.8) is 0 Å². The van der Waals surface area contributed by atoms with Gasteiger partial charge in [0, 0.05) is 35.4 Å². The highest BCUT2D eigenvalue weighted by atomic mass is 19.1. The second-order valence-electron chi connectivity index (χ2n) is 6.98. The van der Waals surface area contributed by atoms with Crippen molar-refractivity contribution in [3.8, 4) is 0 Å². The van der Waals surface area contributed by atoms with Crippen LogP contribution >= 0.6 is 0 Å². The van der Waals surface area contributed by atoms with E-state index in [-0.39, 0.29) is 23.5 Å². The fraction of sp³-hybridized carbons (Fsp3) is 0.136. The van der Waals surface area contributed by atoms with Gasteiger partial charge in [-0.25, -0.2) is 4.39 Å². The second-order valence-corrected chi connectivity index (χ2v) is 6.98. The zero-order valence-electron chi connectivity index (χ0n) is 16.0. The van der Waals surface area contributed by atoms with Gasteiger partial charge in [-0.05, 0) is 35.9 Å². The number of halogens is 1. The molecule has 1 aliphatic rings. The van der Waals surface area contributed by atoms with Crippen LogP contribution in [0, 0.1) is 5.82 Å². The summed E-state index contributed by atoms with van der Waals surface area (Å²) in [4.78, 5) is 36.6. The zero-order chi connectivity index (χ0) is 21.4. The Bertz CT molecular complexity index is 1240. The van der Waals surface area contributed by atoms with Crippen LogP contribution in [0.1, 0.15) is 11.1 Å². The van der Waals surface area contributed by atoms with Crippen LogP contribution < -0.4 is 10.6 Å². The molecule has 3 N–H and O–H groups in total. The number of rotatable bonds is 6. The number of hydrogen-bond donors (Lipinski definition) is 3. The Morgan fingerprint density at radius 2 is 1.90 bits per heavy atom. The number of aliphatic hydroxyl groups is 1. The van der Waals surface area contributed by atoms with E-state index in [9.17, 15) is 18.8 Å². The van der Waals surface area contributed by atoms with Gasteiger partial charge in [-0.1, -0.05) is 12.1 Å². The van der Waals surface area contributed by atoms with Crippen LogP contribution in [0.3, 0.4) is 0 Å². The first-order valence-corrected chi connectivity index (χ1v) is 9.21. The van der Waals surface area contributed by atoms with E-state index in [1.807, 2.05) is 0 Å². The normalized spacial score (nSPS) is 13.8. The van der Waals surface area contributed by atoms with Gasteiger partial charge in [0.1, 0.15) is 12.4 Å². The van der Waals surface area contributed by atoms with Crippen LogP contribution in [0.25, 0.3) is 22.0 Å². The predicted molar refractivity (Wildman–Crippen MR) is 110 cm³/mol. The zero-order valence-corrected chi connectivity index (χ0v) is 16.0. The van der Waals surface area contributed by atoms with Crippen LogP contribution in [-0.2, 0) is 21.4 Å². The molecule has 0 atom stereocenters. The van der Waals surface area contributed by atoms with Crippen LogP contribution in [0.2, 0.25) is 0 Å². The standard InChI is InChI=1S/C22H18FN3O4/c1-26-10-17(16-8-13(23)5-6-18(16)26)20-19(21(29)25-22(20)30)12-3-2-4-14(7-12)24-9-15(28)11-27/h2-8,10,24,27H,9,11H2,1H3,(H,25,29,30). The average molecular weight is 407 g/mol. The Morgan fingerprint density at radius 1 is 1.13 bits per heavy atom. The highest BCUT2D eigenvalue weighted by Crippen LogP contribution is 2.36. The van der Waals surface area contributed by atoms with E-state index < -0.39 is 24.2 Å². The Hall–Kier alpha value is -3.78. The van der Waals surface area contributed by atoms with Crippen molar-refractivity contribution >= 4 is 45.3 Å². The fourth-order valence-electron chi connectivity index (χ4n) is 3.59. The lowest BCUT2D eigenvalue weighted by Crippen LogP contribution is -2.22. The minimum absolute atomic E-state index is 0.0699. The largest absolute Gasteiger partial charge is 0.389 e. The third-order valence-corrected chi connectivity index (χ3v) is 4.97. The summed E-state index contributed by atoms with van der Waals surface area (Å²) in [5.41, 5.74) is 2.55. The van der Waals surface area contributed by atoms with Crippen LogP contribution in [-0.4, -0.2) is 40.4 Å². The van der Waals surface area contributed by atoms with E-state index in [2.05, 4.69) is 10.6 Å². The maximum Gasteiger partial charge on any atom is 0.259 e. The molecule has 3 aromatic rings. The summed E-state index contributed by atoms with van der Waals surface area (Å²) < 4.78 is 15.7. The van der Waals surface area contributed by atoms with E-state index in [4.69, 9.17) is 5.11 Å². The van der Waals surface area contributed by atoms with Crippen molar-refractivity contribution in [3.05, 3.63) is 65.6 Å². The highest BCUT2D eigenvalue weighted by Gasteiger charge is 2.33. The van der Waals surface area contributed by atoms with Crippen molar-refractivity contribution in [1.29, 1.82) is 0 Å². The molecule has 0 bridgehead atoms. The molecule has 0 radical (unpaired) electrons. The van der Waals surface area contributed by atoms with E-state index in [0.717, 1.165) is 5.52 Å². The summed E-state index contributed by atoms with van der Waals surface area (Å²) in [6, 6.07) is 11.0. The number of carbonyl (C=O) groups is 3. The van der Waals surface area contributed by atoms with Crippen molar-refractivity contribution in [2.75, 3.05) is 18.5 Å². The fourth-order valence-corrected chi connectivity index (χ4v) is 3.59. The number of ketones is 1. The van der Waals surface area contributed by atoms with Crippen molar-refractivity contribution in [1.82, 2.24) is 9.88 Å². The second kappa shape index (κ2) is 7.57. The minimum Gasteiger partial charge on any atom is -0.389 e. The smallest absolute Gasteiger partial charge is 0.259 e. The number of nitrogens with zero attached hydrogens (tertiary/aromatic N) is 1. The summed E-state index contributed by atoms with van der Waals surface area (Å²) in [5.74, 6) is -1.93. The van der Waals surface area contributed by atoms with E-state index in [1.165, 1.54) is 12.1 Å². The lowest BCUT2D eigenvalue weighted by Gasteiger charge is -2.08. The number of aliphatic hydroxyl groups excluding tert-OH is 1.